The lowest BCUT2D eigenvalue weighted by Crippen LogP contribution is -2.51. The Bertz CT molecular complexity index is 1260. The molecule has 1 aromatic heterocycles. The van der Waals surface area contributed by atoms with Crippen LogP contribution in [-0.2, 0) is 31.8 Å². The van der Waals surface area contributed by atoms with Gasteiger partial charge in [0, 0.05) is 29.3 Å². The monoisotopic (exact) mass is 598 g/mol. The first-order chi connectivity index (χ1) is 19.3. The maximum Gasteiger partial charge on any atom is 0.417 e. The van der Waals surface area contributed by atoms with Crippen LogP contribution < -0.4 is 4.74 Å². The number of likely N-dealkylation sites (tertiary alicyclic amines) is 1. The van der Waals surface area contributed by atoms with Crippen molar-refractivity contribution in [3.63, 3.8) is 0 Å². The predicted octanol–water partition coefficient (Wildman–Crippen LogP) is 5.92. The Hall–Kier alpha value is -2.89. The third-order valence-corrected chi connectivity index (χ3v) is 8.01. The van der Waals surface area contributed by atoms with Gasteiger partial charge in [-0.15, -0.1) is 0 Å². The maximum atomic E-state index is 14.0. The molecule has 3 heterocycles. The molecular weight excluding hydrogens is 565 g/mol. The van der Waals surface area contributed by atoms with Crippen molar-refractivity contribution in [1.82, 2.24) is 9.88 Å². The second kappa shape index (κ2) is 12.1. The van der Waals surface area contributed by atoms with E-state index in [0.29, 0.717) is 29.8 Å². The Morgan fingerprint density at radius 1 is 1.20 bits per heavy atom. The van der Waals surface area contributed by atoms with Crippen molar-refractivity contribution in [2.24, 2.45) is 11.3 Å². The highest BCUT2D eigenvalue weighted by Gasteiger charge is 2.60. The number of hydrogen-bond donors (Lipinski definition) is 1. The number of halogens is 4. The molecular formula is C29H34ClF3N2O6. The first-order valence-corrected chi connectivity index (χ1v) is 13.8. The Morgan fingerprint density at radius 3 is 2.46 bits per heavy atom. The summed E-state index contributed by atoms with van der Waals surface area (Å²) >= 11 is 6.62. The molecule has 1 N–H and O–H groups in total. The number of carbonyl (C=O) groups is 2. The molecule has 41 heavy (non-hydrogen) atoms. The number of carbonyl (C=O) groups excluding carboxylic acids is 1. The van der Waals surface area contributed by atoms with Crippen molar-refractivity contribution in [1.29, 1.82) is 0 Å². The minimum atomic E-state index is -4.65. The number of ether oxygens (including phenoxy) is 3. The summed E-state index contributed by atoms with van der Waals surface area (Å²) in [6.45, 7) is 5.51. The van der Waals surface area contributed by atoms with Gasteiger partial charge in [-0.05, 0) is 42.4 Å². The minimum Gasteiger partial charge on any atom is -0.481 e. The summed E-state index contributed by atoms with van der Waals surface area (Å²) < 4.78 is 57.8. The molecule has 1 amide bonds. The summed E-state index contributed by atoms with van der Waals surface area (Å²) in [6, 6.07) is 5.37. The standard InChI is InChI=1S/C29H34ClF3N2O6/c1-28(2,3)21-23(27(37)38)35(26(36)20-11-7-8-12-40-20)22(18-9-5-6-10-19(18)30)24(21)41-15-16-13-17(29(31,32)33)14-34-25(16)39-4/h5-6,9-10,13-14,20-24H,7-8,11-12,15H2,1-4H3,(H,37,38)/t20-,21+,22-,23-,24-/m0/s1. The van der Waals surface area contributed by atoms with Gasteiger partial charge >= 0.3 is 12.1 Å². The maximum absolute atomic E-state index is 14.0. The lowest BCUT2D eigenvalue weighted by molar-refractivity contribution is -0.159. The zero-order valence-electron chi connectivity index (χ0n) is 23.3. The third-order valence-electron chi connectivity index (χ3n) is 7.67. The van der Waals surface area contributed by atoms with Gasteiger partial charge in [0.05, 0.1) is 31.4 Å². The van der Waals surface area contributed by atoms with E-state index in [1.54, 1.807) is 24.3 Å². The summed E-state index contributed by atoms with van der Waals surface area (Å²) in [5.41, 5.74) is -1.20. The fraction of sp³-hybridized carbons (Fsp3) is 0.552. The van der Waals surface area contributed by atoms with Crippen LogP contribution in [0.4, 0.5) is 13.2 Å². The summed E-state index contributed by atoms with van der Waals surface area (Å²) in [6.07, 6.45) is -3.78. The van der Waals surface area contributed by atoms with Gasteiger partial charge in [0.15, 0.2) is 0 Å². The van der Waals surface area contributed by atoms with Crippen LogP contribution in [0.2, 0.25) is 5.02 Å². The number of alkyl halides is 3. The van der Waals surface area contributed by atoms with Gasteiger partial charge in [-0.25, -0.2) is 9.78 Å². The van der Waals surface area contributed by atoms with Crippen molar-refractivity contribution in [3.8, 4) is 5.88 Å². The zero-order valence-corrected chi connectivity index (χ0v) is 24.0. The SMILES string of the molecule is COc1ncc(C(F)(F)F)cc1CO[C@H]1[C@H](C(C)(C)C)[C@@H](C(=O)O)N(C(=O)[C@@H]2CCCCO2)[C@H]1c1ccccc1Cl. The number of carboxylic acids is 1. The van der Waals surface area contributed by atoms with E-state index in [9.17, 15) is 27.9 Å². The highest BCUT2D eigenvalue weighted by molar-refractivity contribution is 6.31. The number of nitrogens with zero attached hydrogens (tertiary/aromatic N) is 2. The molecule has 0 aliphatic carbocycles. The highest BCUT2D eigenvalue weighted by Crippen LogP contribution is 2.51. The second-order valence-corrected chi connectivity index (χ2v) is 11.8. The number of benzene rings is 1. The fourth-order valence-electron chi connectivity index (χ4n) is 5.86. The second-order valence-electron chi connectivity index (χ2n) is 11.4. The summed E-state index contributed by atoms with van der Waals surface area (Å²) in [5.74, 6) is -2.55. The summed E-state index contributed by atoms with van der Waals surface area (Å²) in [5, 5.41) is 10.8. The van der Waals surface area contributed by atoms with Crippen LogP contribution in [0.1, 0.15) is 62.8 Å². The van der Waals surface area contributed by atoms with E-state index in [-0.39, 0.29) is 18.1 Å². The van der Waals surface area contributed by atoms with Crippen molar-refractivity contribution >= 4 is 23.5 Å². The summed E-state index contributed by atoms with van der Waals surface area (Å²) in [7, 11) is 1.28. The molecule has 0 radical (unpaired) electrons. The molecule has 2 saturated heterocycles. The van der Waals surface area contributed by atoms with Crippen LogP contribution in [-0.4, -0.2) is 58.8 Å². The van der Waals surface area contributed by atoms with Crippen molar-refractivity contribution in [2.45, 2.75) is 77.1 Å². The third kappa shape index (κ3) is 6.47. The highest BCUT2D eigenvalue weighted by atomic mass is 35.5. The average Bonchev–Trinajstić information content (AvgIpc) is 3.27. The van der Waals surface area contributed by atoms with Crippen LogP contribution >= 0.6 is 11.6 Å². The van der Waals surface area contributed by atoms with E-state index in [1.807, 2.05) is 20.8 Å². The first kappa shape index (κ1) is 31.1. The molecule has 0 saturated carbocycles. The lowest BCUT2D eigenvalue weighted by atomic mass is 9.73. The summed E-state index contributed by atoms with van der Waals surface area (Å²) in [4.78, 5) is 32.1. The normalized spacial score (nSPS) is 25.3. The number of aliphatic carboxylic acids is 1. The van der Waals surface area contributed by atoms with Gasteiger partial charge in [0.1, 0.15) is 12.1 Å². The van der Waals surface area contributed by atoms with Gasteiger partial charge in [0.2, 0.25) is 5.88 Å². The lowest BCUT2D eigenvalue weighted by Gasteiger charge is -2.35. The molecule has 1 aromatic carbocycles. The number of pyridine rings is 1. The molecule has 0 unspecified atom stereocenters. The predicted molar refractivity (Wildman–Crippen MR) is 143 cm³/mol. The van der Waals surface area contributed by atoms with Crippen LogP contribution in [0.5, 0.6) is 5.88 Å². The van der Waals surface area contributed by atoms with Gasteiger partial charge < -0.3 is 24.2 Å². The largest absolute Gasteiger partial charge is 0.481 e. The van der Waals surface area contributed by atoms with Crippen LogP contribution in [0.15, 0.2) is 36.5 Å². The van der Waals surface area contributed by atoms with E-state index in [0.717, 1.165) is 18.9 Å². The Kier molecular flexibility index (Phi) is 9.20. The smallest absolute Gasteiger partial charge is 0.417 e. The fourth-order valence-corrected chi connectivity index (χ4v) is 6.11. The van der Waals surface area contributed by atoms with Crippen LogP contribution in [0.3, 0.4) is 0 Å². The molecule has 0 spiro atoms. The van der Waals surface area contributed by atoms with E-state index in [1.165, 1.54) is 12.0 Å². The van der Waals surface area contributed by atoms with E-state index < -0.39 is 59.2 Å². The molecule has 224 valence electrons. The molecule has 4 rings (SSSR count). The minimum absolute atomic E-state index is 0.0279. The van der Waals surface area contributed by atoms with Crippen molar-refractivity contribution in [3.05, 3.63) is 58.2 Å². The van der Waals surface area contributed by atoms with Gasteiger partial charge in [-0.2, -0.15) is 13.2 Å². The zero-order chi connectivity index (χ0) is 30.1. The molecule has 0 bridgehead atoms. The van der Waals surface area contributed by atoms with Crippen LogP contribution in [0, 0.1) is 11.3 Å². The van der Waals surface area contributed by atoms with Crippen molar-refractivity contribution in [2.75, 3.05) is 13.7 Å². The Balaban J connectivity index is 1.84. The molecule has 12 heteroatoms. The van der Waals surface area contributed by atoms with Gasteiger partial charge in [0.25, 0.3) is 5.91 Å². The van der Waals surface area contributed by atoms with Gasteiger partial charge in [-0.3, -0.25) is 4.79 Å². The number of carboxylic acid groups (broad SMARTS) is 1. The number of hydrogen-bond acceptors (Lipinski definition) is 6. The molecule has 2 aromatic rings. The quantitative estimate of drug-likeness (QED) is 0.423. The molecule has 2 aliphatic rings. The number of rotatable bonds is 7. The number of amides is 1. The van der Waals surface area contributed by atoms with E-state index in [4.69, 9.17) is 25.8 Å². The van der Waals surface area contributed by atoms with Crippen molar-refractivity contribution < 1.29 is 42.1 Å². The molecule has 2 aliphatic heterocycles. The Labute approximate surface area is 241 Å². The number of aromatic nitrogens is 1. The van der Waals surface area contributed by atoms with E-state index in [2.05, 4.69) is 4.98 Å². The molecule has 8 nitrogen and oxygen atoms in total. The molecule has 5 atom stereocenters. The average molecular weight is 599 g/mol. The molecule has 2 fully saturated rings. The van der Waals surface area contributed by atoms with E-state index >= 15 is 0 Å². The first-order valence-electron chi connectivity index (χ1n) is 13.4. The number of methoxy groups -OCH3 is 1. The topological polar surface area (TPSA) is 98.2 Å². The Morgan fingerprint density at radius 2 is 1.90 bits per heavy atom. The van der Waals surface area contributed by atoms with Gasteiger partial charge in [-0.1, -0.05) is 50.6 Å². The van der Waals surface area contributed by atoms with Crippen LogP contribution in [0.25, 0.3) is 0 Å².